The Balaban J connectivity index is 2.27. The van der Waals surface area contributed by atoms with Crippen LogP contribution in [0.2, 0.25) is 0 Å². The molecule has 28 nitrogen and oxygen atoms in total. The second-order valence-corrected chi connectivity index (χ2v) is 20.5. The van der Waals surface area contributed by atoms with Crippen LogP contribution in [0.3, 0.4) is 0 Å². The smallest absolute Gasteiger partial charge is 0.326 e. The van der Waals surface area contributed by atoms with Crippen LogP contribution >= 0.6 is 11.8 Å². The Morgan fingerprint density at radius 1 is 0.646 bits per heavy atom. The number of carbonyl (C=O) groups excluding carboxylic acids is 9. The number of carboxylic acids is 2. The van der Waals surface area contributed by atoms with Crippen LogP contribution < -0.4 is 59.3 Å². The number of rotatable bonds is 37. The van der Waals surface area contributed by atoms with Gasteiger partial charge in [0.05, 0.1) is 38.0 Å². The van der Waals surface area contributed by atoms with E-state index < -0.39 is 151 Å². The van der Waals surface area contributed by atoms with Crippen LogP contribution in [0.15, 0.2) is 42.9 Å². The highest BCUT2D eigenvalue weighted by Gasteiger charge is 2.37. The van der Waals surface area contributed by atoms with Gasteiger partial charge < -0.3 is 84.7 Å². The number of aromatic amines is 1. The summed E-state index contributed by atoms with van der Waals surface area (Å²) in [5, 5.41) is 61.9. The SMILES string of the molecule is CSCC[C@H](NC(=O)[C@H](CC(C)C)NC(=O)CNC(=O)[C@@H](NC(=O)[C@H](Cc1ccccc1)NC(=O)[C@H](CO)NC(=O)[C@H](CC(=O)O)NC(=O)[C@@H](NC(=O)[C@H](CCCCN)NC(=O)[C@@H](N)Cc1cnc[nH]1)C(C)O)C(C)C)C(=O)O. The zero-order chi connectivity index (χ0) is 59.4. The summed E-state index contributed by atoms with van der Waals surface area (Å²) in [6, 6.07) is -5.13. The van der Waals surface area contributed by atoms with Crippen LogP contribution in [-0.4, -0.2) is 188 Å². The lowest BCUT2D eigenvalue weighted by molar-refractivity contribution is -0.142. The average molecular weight is 1130 g/mol. The summed E-state index contributed by atoms with van der Waals surface area (Å²) >= 11 is 1.39. The lowest BCUT2D eigenvalue weighted by atomic mass is 10.0. The number of hydrogen-bond acceptors (Lipinski definition) is 17. The zero-order valence-corrected chi connectivity index (χ0v) is 46.1. The third-order valence-electron chi connectivity index (χ3n) is 12.0. The van der Waals surface area contributed by atoms with Crippen LogP contribution in [0.1, 0.15) is 84.4 Å². The fraction of sp³-hybridized carbons (Fsp3) is 0.600. The number of aliphatic carboxylic acids is 2. The van der Waals surface area contributed by atoms with Gasteiger partial charge in [0.1, 0.15) is 48.3 Å². The van der Waals surface area contributed by atoms with Gasteiger partial charge in [0.15, 0.2) is 0 Å². The molecule has 0 radical (unpaired) electrons. The fourth-order valence-corrected chi connectivity index (χ4v) is 8.12. The normalized spacial score (nSPS) is 15.0. The Hall–Kier alpha value is -7.21. The van der Waals surface area contributed by atoms with E-state index in [1.54, 1.807) is 64.3 Å². The first kappa shape index (κ1) is 67.9. The highest BCUT2D eigenvalue weighted by atomic mass is 32.2. The van der Waals surface area contributed by atoms with Gasteiger partial charge in [-0.25, -0.2) is 9.78 Å². The predicted octanol–water partition coefficient (Wildman–Crippen LogP) is -3.97. The van der Waals surface area contributed by atoms with Crippen molar-refractivity contribution >= 4 is 76.9 Å². The van der Waals surface area contributed by atoms with Crippen LogP contribution in [0.5, 0.6) is 0 Å². The van der Waals surface area contributed by atoms with E-state index in [1.807, 2.05) is 0 Å². The topological polar surface area (TPSA) is 458 Å². The number of aromatic nitrogens is 2. The van der Waals surface area contributed by atoms with Gasteiger partial charge in [-0.3, -0.25) is 47.9 Å². The lowest BCUT2D eigenvalue weighted by Crippen LogP contribution is -2.62. The molecule has 0 fully saturated rings. The summed E-state index contributed by atoms with van der Waals surface area (Å²) in [6.07, 6.45) is 2.77. The number of hydrogen-bond donors (Lipinski definition) is 16. The molecule has 0 aliphatic rings. The van der Waals surface area contributed by atoms with E-state index in [-0.39, 0.29) is 44.6 Å². The molecule has 0 spiro atoms. The lowest BCUT2D eigenvalue weighted by Gasteiger charge is -2.28. The molecule has 1 aromatic carbocycles. The molecule has 29 heteroatoms. The summed E-state index contributed by atoms with van der Waals surface area (Å²) in [5.41, 5.74) is 12.7. The number of amides is 9. The molecule has 10 atom stereocenters. The molecule has 2 aromatic rings. The van der Waals surface area contributed by atoms with Crippen molar-refractivity contribution in [3.05, 3.63) is 54.1 Å². The van der Waals surface area contributed by atoms with Gasteiger partial charge in [0, 0.05) is 24.7 Å². The molecule has 0 aliphatic heterocycles. The van der Waals surface area contributed by atoms with Gasteiger partial charge in [-0.05, 0) is 75.0 Å². The van der Waals surface area contributed by atoms with Gasteiger partial charge in [0.25, 0.3) is 0 Å². The number of aliphatic hydroxyl groups excluding tert-OH is 2. The molecule has 1 unspecified atom stereocenters. The first-order chi connectivity index (χ1) is 37.3. The van der Waals surface area contributed by atoms with Crippen molar-refractivity contribution in [2.24, 2.45) is 23.3 Å². The minimum atomic E-state index is -2.00. The second-order valence-electron chi connectivity index (χ2n) is 19.5. The van der Waals surface area contributed by atoms with Crippen LogP contribution in [0.4, 0.5) is 0 Å². The Morgan fingerprint density at radius 3 is 1.77 bits per heavy atom. The highest BCUT2D eigenvalue weighted by molar-refractivity contribution is 7.98. The molecule has 79 heavy (non-hydrogen) atoms. The standard InChI is InChI=1S/C50H79N13O15S/c1-26(2)18-34(44(71)58-33(50(77)78)15-17-79-6)56-38(66)23-54-48(75)40(27(3)4)62-46(73)35(19-29-12-8-7-9-13-29)59-47(74)37(24-64)61-45(72)36(21-39(67)68)60-49(76)41(28(5)65)63-43(70)32(14-10-11-16-51)57-42(69)31(52)20-30-22-53-25-55-30/h7-9,12-13,22,25-28,31-37,40-41,64-65H,10-11,14-21,23-24,51-52H2,1-6H3,(H,53,55)(H,54,75)(H,56,66)(H,57,69)(H,58,71)(H,59,74)(H,60,76)(H,61,72)(H,62,73)(H,63,70)(H,67,68)(H,77,78)/t28?,31-,32-,33-,34-,35-,36-,37-,40-,41-/m0/s1. The Labute approximate surface area is 462 Å². The fourth-order valence-electron chi connectivity index (χ4n) is 7.65. The van der Waals surface area contributed by atoms with Crippen molar-refractivity contribution in [2.75, 3.05) is 31.7 Å². The highest BCUT2D eigenvalue weighted by Crippen LogP contribution is 2.11. The first-order valence-corrected chi connectivity index (χ1v) is 27.1. The minimum absolute atomic E-state index is 0.0263. The molecule has 0 saturated heterocycles. The largest absolute Gasteiger partial charge is 0.481 e. The quantitative estimate of drug-likeness (QED) is 0.0287. The molecule has 9 amide bonds. The predicted molar refractivity (Wildman–Crippen MR) is 288 cm³/mol. The van der Waals surface area contributed by atoms with E-state index in [1.165, 1.54) is 24.3 Å². The average Bonchev–Trinajstić information content (AvgIpc) is 3.90. The number of H-pyrrole nitrogens is 1. The summed E-state index contributed by atoms with van der Waals surface area (Å²) in [6.45, 7) is 6.33. The number of imidazole rings is 1. The minimum Gasteiger partial charge on any atom is -0.481 e. The molecule has 1 aromatic heterocycles. The van der Waals surface area contributed by atoms with Crippen molar-refractivity contribution in [3.63, 3.8) is 0 Å². The van der Waals surface area contributed by atoms with E-state index in [2.05, 4.69) is 57.8 Å². The van der Waals surface area contributed by atoms with Gasteiger partial charge in [-0.15, -0.1) is 0 Å². The maximum atomic E-state index is 14.1. The second kappa shape index (κ2) is 35.3. The molecule has 2 rings (SSSR count). The Kier molecular flexibility index (Phi) is 30.4. The number of nitrogens with two attached hydrogens (primary N) is 2. The summed E-state index contributed by atoms with van der Waals surface area (Å²) in [4.78, 5) is 152. The summed E-state index contributed by atoms with van der Waals surface area (Å²) in [7, 11) is 0. The zero-order valence-electron chi connectivity index (χ0n) is 45.2. The van der Waals surface area contributed by atoms with Crippen molar-refractivity contribution in [1.82, 2.24) is 57.8 Å². The van der Waals surface area contributed by atoms with E-state index in [4.69, 9.17) is 11.5 Å². The Morgan fingerprint density at radius 2 is 1.22 bits per heavy atom. The number of unbranched alkanes of at least 4 members (excludes halogenated alkanes) is 1. The Bertz CT molecular complexity index is 2330. The van der Waals surface area contributed by atoms with Gasteiger partial charge >= 0.3 is 11.9 Å². The number of nitrogens with zero attached hydrogens (tertiary/aromatic N) is 1. The van der Waals surface area contributed by atoms with E-state index in [0.717, 1.165) is 6.92 Å². The van der Waals surface area contributed by atoms with Crippen molar-refractivity contribution in [1.29, 1.82) is 0 Å². The van der Waals surface area contributed by atoms with Gasteiger partial charge in [-0.1, -0.05) is 58.0 Å². The molecular formula is C50H79N13O15S. The number of carbonyl (C=O) groups is 11. The van der Waals surface area contributed by atoms with Crippen molar-refractivity contribution in [3.8, 4) is 0 Å². The maximum Gasteiger partial charge on any atom is 0.326 e. The number of benzene rings is 1. The number of nitrogens with one attached hydrogen (secondary N) is 10. The third-order valence-corrected chi connectivity index (χ3v) is 12.6. The van der Waals surface area contributed by atoms with Crippen molar-refractivity contribution in [2.45, 2.75) is 146 Å². The van der Waals surface area contributed by atoms with Crippen LogP contribution in [0, 0.1) is 11.8 Å². The summed E-state index contributed by atoms with van der Waals surface area (Å²) < 4.78 is 0. The van der Waals surface area contributed by atoms with Gasteiger partial charge in [0.2, 0.25) is 53.2 Å². The molecule has 1 heterocycles. The molecule has 0 aliphatic carbocycles. The number of aliphatic hydroxyl groups is 2. The molecule has 440 valence electrons. The van der Waals surface area contributed by atoms with Gasteiger partial charge in [-0.2, -0.15) is 11.8 Å². The van der Waals surface area contributed by atoms with Crippen LogP contribution in [0.25, 0.3) is 0 Å². The van der Waals surface area contributed by atoms with Crippen molar-refractivity contribution < 1.29 is 73.2 Å². The molecule has 18 N–H and O–H groups in total. The molecule has 0 bridgehead atoms. The monoisotopic (exact) mass is 1130 g/mol. The molecular weight excluding hydrogens is 1050 g/mol. The van der Waals surface area contributed by atoms with Crippen LogP contribution in [-0.2, 0) is 65.6 Å². The molecule has 0 saturated carbocycles. The van der Waals surface area contributed by atoms with E-state index >= 15 is 0 Å². The van der Waals surface area contributed by atoms with E-state index in [0.29, 0.717) is 29.9 Å². The maximum absolute atomic E-state index is 14.1. The third kappa shape index (κ3) is 25.0. The number of thioether (sulfide) groups is 1. The summed E-state index contributed by atoms with van der Waals surface area (Å²) in [5.74, 6) is -11.9. The first-order valence-electron chi connectivity index (χ1n) is 25.7. The number of carboxylic acid groups (broad SMARTS) is 2. The van der Waals surface area contributed by atoms with E-state index in [9.17, 15) is 73.2 Å².